The highest BCUT2D eigenvalue weighted by atomic mass is 15.0. The first-order chi connectivity index (χ1) is 43.5. The maximum atomic E-state index is 10.4. The minimum absolute atomic E-state index is 0.561. The van der Waals surface area contributed by atoms with Crippen molar-refractivity contribution in [3.8, 4) is 113 Å². The van der Waals surface area contributed by atoms with E-state index in [-0.39, 0.29) is 0 Å². The van der Waals surface area contributed by atoms with Crippen LogP contribution in [0.15, 0.2) is 279 Å². The second-order valence-electron chi connectivity index (χ2n) is 21.6. The van der Waals surface area contributed by atoms with Gasteiger partial charge in [0.15, 0.2) is 17.2 Å². The molecule has 0 aliphatic heterocycles. The number of nitriles is 2. The smallest absolute Gasteiger partial charge is 0.194 e. The molecule has 0 atom stereocenters. The van der Waals surface area contributed by atoms with Gasteiger partial charge in [0.25, 0.3) is 0 Å². The molecule has 0 saturated heterocycles. The molecule has 3 heterocycles. The maximum Gasteiger partial charge on any atom is 0.194 e. The molecule has 0 spiro atoms. The summed E-state index contributed by atoms with van der Waals surface area (Å²) in [6.07, 6.45) is 0. The molecule has 88 heavy (non-hydrogen) atoms. The van der Waals surface area contributed by atoms with E-state index >= 15 is 0 Å². The Morgan fingerprint density at radius 2 is 0.648 bits per heavy atom. The van der Waals surface area contributed by atoms with Crippen LogP contribution in [0.25, 0.3) is 154 Å². The predicted molar refractivity (Wildman–Crippen MR) is 356 cm³/mol. The van der Waals surface area contributed by atoms with Crippen LogP contribution in [0, 0.1) is 35.8 Å². The van der Waals surface area contributed by atoms with Crippen molar-refractivity contribution in [3.63, 3.8) is 0 Å². The molecule has 0 aliphatic rings. The number of para-hydroxylation sites is 3. The Bertz CT molecular complexity index is 5220. The van der Waals surface area contributed by atoms with Crippen LogP contribution >= 0.6 is 0 Å². The van der Waals surface area contributed by atoms with E-state index in [9.17, 15) is 10.5 Å². The van der Waals surface area contributed by atoms with Gasteiger partial charge in [-0.3, -0.25) is 0 Å². The van der Waals surface area contributed by atoms with Gasteiger partial charge in [-0.2, -0.15) is 10.5 Å². The van der Waals surface area contributed by atoms with E-state index in [1.807, 2.05) is 133 Å². The number of fused-ring (bicyclic) bond motifs is 6. The first-order valence-electron chi connectivity index (χ1n) is 28.8. The van der Waals surface area contributed by atoms with Crippen molar-refractivity contribution < 1.29 is 0 Å². The van der Waals surface area contributed by atoms with Crippen molar-refractivity contribution in [2.45, 2.75) is 0 Å². The zero-order chi connectivity index (χ0) is 59.2. The Morgan fingerprint density at radius 1 is 0.295 bits per heavy atom. The maximum absolute atomic E-state index is 10.4. The van der Waals surface area contributed by atoms with Crippen molar-refractivity contribution in [1.29, 1.82) is 10.5 Å². The van der Waals surface area contributed by atoms with Gasteiger partial charge >= 0.3 is 0 Å². The molecule has 0 N–H and O–H groups in total. The summed E-state index contributed by atoms with van der Waals surface area (Å²) in [6, 6.07) is 99.1. The van der Waals surface area contributed by atoms with E-state index in [1.165, 1.54) is 0 Å². The minimum atomic E-state index is 0.561. The quantitative estimate of drug-likeness (QED) is 0.128. The first-order valence-corrected chi connectivity index (χ1v) is 28.8. The average Bonchev–Trinajstić information content (AvgIpc) is 1.61. The van der Waals surface area contributed by atoms with Crippen LogP contribution in [-0.2, 0) is 0 Å². The summed E-state index contributed by atoms with van der Waals surface area (Å²) in [5.74, 6) is 0.561. The summed E-state index contributed by atoms with van der Waals surface area (Å²) < 4.78 is 4.68. The highest BCUT2D eigenvalue weighted by Crippen LogP contribution is 2.46. The monoisotopic (exact) mass is 1120 g/mol. The van der Waals surface area contributed by atoms with Gasteiger partial charge in [0.1, 0.15) is 0 Å². The van der Waals surface area contributed by atoms with Crippen LogP contribution in [0.2, 0.25) is 0 Å². The Kier molecular flexibility index (Phi) is 12.9. The number of hydrogen-bond acceptors (Lipinski definition) is 4. The number of benzene rings is 12. The van der Waals surface area contributed by atoms with E-state index < -0.39 is 0 Å². The third-order valence-corrected chi connectivity index (χ3v) is 16.7. The van der Waals surface area contributed by atoms with Crippen molar-refractivity contribution in [3.05, 3.63) is 313 Å². The summed E-state index contributed by atoms with van der Waals surface area (Å²) >= 11 is 0. The molecule has 0 fully saturated rings. The average molecular weight is 1120 g/mol. The van der Waals surface area contributed by atoms with E-state index in [2.05, 4.69) is 177 Å². The Morgan fingerprint density at radius 3 is 1.08 bits per heavy atom. The van der Waals surface area contributed by atoms with E-state index in [1.54, 1.807) is 0 Å². The van der Waals surface area contributed by atoms with Crippen LogP contribution in [0.5, 0.6) is 0 Å². The fraction of sp³-hybridized carbons (Fsp3) is 0. The summed E-state index contributed by atoms with van der Waals surface area (Å²) in [5, 5.41) is 24.6. The topological polar surface area (TPSA) is 91.9 Å². The molecule has 3 aromatic heterocycles. The molecule has 0 aliphatic carbocycles. The lowest BCUT2D eigenvalue weighted by atomic mass is 9.97. The van der Waals surface area contributed by atoms with Crippen molar-refractivity contribution in [2.24, 2.45) is 0 Å². The highest BCUT2D eigenvalue weighted by molar-refractivity contribution is 6.14. The molecule has 0 bridgehead atoms. The zero-order valence-electron chi connectivity index (χ0n) is 47.1. The normalized spacial score (nSPS) is 11.1. The summed E-state index contributed by atoms with van der Waals surface area (Å²) in [4.78, 5) is 18.6. The standard InChI is InChI=1S/C80H46N8/c1-83-70-30-16-13-27-62(70)55-35-40-77-68(45-55)66-43-53(60-25-11-9-23-58(60)49-81)33-38-76(66)87(77)74-32-18-15-29-64(74)65-47-57(80-85-72(51-19-5-3-6-20-51)48-73(86-80)52-21-7-4-8-22-52)37-42-75(65)88-78-39-34-54(61-26-12-10-24-59(61)50-82)44-67(78)69-46-56(36-41-79(69)88)63-28-14-17-31-71(63)84-2/h3-48H. The van der Waals surface area contributed by atoms with Crippen molar-refractivity contribution >= 4 is 55.0 Å². The van der Waals surface area contributed by atoms with E-state index in [0.29, 0.717) is 28.3 Å². The number of aromatic nitrogens is 4. The van der Waals surface area contributed by atoms with Crippen LogP contribution < -0.4 is 0 Å². The van der Waals surface area contributed by atoms with E-state index in [4.69, 9.17) is 23.1 Å². The zero-order valence-corrected chi connectivity index (χ0v) is 47.1. The van der Waals surface area contributed by atoms with Crippen LogP contribution in [0.3, 0.4) is 0 Å². The molecule has 0 radical (unpaired) electrons. The largest absolute Gasteiger partial charge is 0.309 e. The molecule has 15 aromatic rings. The van der Waals surface area contributed by atoms with Crippen LogP contribution in [0.4, 0.5) is 11.4 Å². The van der Waals surface area contributed by atoms with Gasteiger partial charge in [0, 0.05) is 49.4 Å². The second kappa shape index (κ2) is 21.8. The molecule has 12 aromatic carbocycles. The van der Waals surface area contributed by atoms with E-state index in [0.717, 1.165) is 139 Å². The summed E-state index contributed by atoms with van der Waals surface area (Å²) in [7, 11) is 0. The van der Waals surface area contributed by atoms with Gasteiger partial charge in [-0.25, -0.2) is 19.7 Å². The molecule has 406 valence electrons. The van der Waals surface area contributed by atoms with Crippen molar-refractivity contribution in [1.82, 2.24) is 19.1 Å². The predicted octanol–water partition coefficient (Wildman–Crippen LogP) is 20.9. The fourth-order valence-electron chi connectivity index (χ4n) is 12.6. The lowest BCUT2D eigenvalue weighted by Gasteiger charge is -2.20. The minimum Gasteiger partial charge on any atom is -0.309 e. The Hall–Kier alpha value is -12.7. The molecule has 0 unspecified atom stereocenters. The molecular formula is C80H46N8. The Labute approximate surface area is 507 Å². The molecule has 0 saturated carbocycles. The lowest BCUT2D eigenvalue weighted by molar-refractivity contribution is 1.15. The third kappa shape index (κ3) is 8.91. The van der Waals surface area contributed by atoms with Gasteiger partial charge in [0.05, 0.1) is 81.2 Å². The number of rotatable bonds is 10. The highest BCUT2D eigenvalue weighted by Gasteiger charge is 2.24. The van der Waals surface area contributed by atoms with Crippen molar-refractivity contribution in [2.75, 3.05) is 0 Å². The molecule has 8 heteroatoms. The van der Waals surface area contributed by atoms with Gasteiger partial charge < -0.3 is 9.13 Å². The Balaban J connectivity index is 1.03. The van der Waals surface area contributed by atoms with Crippen LogP contribution in [-0.4, -0.2) is 19.1 Å². The summed E-state index contributed by atoms with van der Waals surface area (Å²) in [6.45, 7) is 16.3. The fourth-order valence-corrected chi connectivity index (χ4v) is 12.6. The molecular weight excluding hydrogens is 1070 g/mol. The molecule has 8 nitrogen and oxygen atoms in total. The van der Waals surface area contributed by atoms with Gasteiger partial charge in [-0.1, -0.05) is 188 Å². The van der Waals surface area contributed by atoms with Gasteiger partial charge in [0.2, 0.25) is 0 Å². The van der Waals surface area contributed by atoms with Gasteiger partial charge in [-0.05, 0) is 136 Å². The molecule has 15 rings (SSSR count). The number of nitrogens with zero attached hydrogens (tertiary/aromatic N) is 8. The number of hydrogen-bond donors (Lipinski definition) is 0. The van der Waals surface area contributed by atoms with Crippen LogP contribution in [0.1, 0.15) is 11.1 Å². The van der Waals surface area contributed by atoms with Gasteiger partial charge in [-0.15, -0.1) is 0 Å². The molecule has 0 amide bonds. The third-order valence-electron chi connectivity index (χ3n) is 16.7. The summed E-state index contributed by atoms with van der Waals surface area (Å²) in [5.41, 5.74) is 21.1. The lowest BCUT2D eigenvalue weighted by Crippen LogP contribution is -2.03. The first kappa shape index (κ1) is 52.1. The second-order valence-corrected chi connectivity index (χ2v) is 21.6. The SMILES string of the molecule is [C-]#[N+]c1ccccc1-c1ccc2c(c1)c1cc(-c3ccccc3C#N)ccc1n2-c1ccccc1-c1cc(-c2nc(-c3ccccc3)cc(-c3ccccc3)n2)ccc1-n1c2ccc(-c3ccccc3C#N)cc2c2cc(-c3ccccc3[N+]#[C-])ccc21.